The van der Waals surface area contributed by atoms with Crippen LogP contribution < -0.4 is 5.32 Å². The van der Waals surface area contributed by atoms with E-state index in [-0.39, 0.29) is 11.9 Å². The predicted molar refractivity (Wildman–Crippen MR) is 81.6 cm³/mol. The monoisotopic (exact) mass is 295 g/mol. The topological polar surface area (TPSA) is 41.5 Å². The van der Waals surface area contributed by atoms with Gasteiger partial charge in [-0.25, -0.2) is 4.39 Å². The van der Waals surface area contributed by atoms with Crippen LogP contribution in [0.3, 0.4) is 0 Å². The van der Waals surface area contributed by atoms with Gasteiger partial charge in [0.2, 0.25) is 0 Å². The number of rotatable bonds is 7. The molecule has 0 amide bonds. The van der Waals surface area contributed by atoms with Crippen LogP contribution in [0.2, 0.25) is 0 Å². The second-order valence-electron chi connectivity index (χ2n) is 5.90. The second kappa shape index (κ2) is 8.47. The smallest absolute Gasteiger partial charge is 0.127 e. The molecule has 1 aliphatic carbocycles. The molecule has 0 bridgehead atoms. The molecule has 1 aliphatic rings. The molecule has 0 heterocycles. The predicted octanol–water partition coefficient (Wildman–Crippen LogP) is 3.19. The molecule has 0 spiro atoms. The summed E-state index contributed by atoms with van der Waals surface area (Å²) in [4.78, 5) is 0. The van der Waals surface area contributed by atoms with Crippen LogP contribution in [-0.4, -0.2) is 30.5 Å². The molecule has 3 nitrogen and oxygen atoms in total. The molecule has 0 aliphatic heterocycles. The number of ether oxygens (including phenoxy) is 1. The maximum atomic E-state index is 13.6. The van der Waals surface area contributed by atoms with E-state index in [1.807, 2.05) is 13.0 Å². The Balaban J connectivity index is 1.68. The highest BCUT2D eigenvalue weighted by Crippen LogP contribution is 2.20. The number of nitrogens with one attached hydrogen (secondary N) is 1. The quantitative estimate of drug-likeness (QED) is 0.812. The van der Waals surface area contributed by atoms with E-state index in [9.17, 15) is 9.50 Å². The summed E-state index contributed by atoms with van der Waals surface area (Å²) >= 11 is 0. The molecule has 1 fully saturated rings. The normalized spacial score (nSPS) is 19.4. The highest BCUT2D eigenvalue weighted by Gasteiger charge is 2.16. The van der Waals surface area contributed by atoms with Crippen molar-refractivity contribution in [2.75, 3.05) is 13.2 Å². The van der Waals surface area contributed by atoms with Crippen molar-refractivity contribution < 1.29 is 14.2 Å². The Hall–Kier alpha value is -0.970. The van der Waals surface area contributed by atoms with Gasteiger partial charge in [-0.05, 0) is 25.8 Å². The van der Waals surface area contributed by atoms with Gasteiger partial charge < -0.3 is 15.2 Å². The Labute approximate surface area is 126 Å². The Morgan fingerprint density at radius 1 is 1.29 bits per heavy atom. The first kappa shape index (κ1) is 16.4. The molecule has 0 radical (unpaired) electrons. The zero-order valence-electron chi connectivity index (χ0n) is 12.7. The number of hydrogen-bond donors (Lipinski definition) is 2. The lowest BCUT2D eigenvalue weighted by Gasteiger charge is -2.24. The molecule has 2 rings (SSSR count). The van der Waals surface area contributed by atoms with Gasteiger partial charge in [0.15, 0.2) is 0 Å². The molecule has 2 N–H and O–H groups in total. The number of benzene rings is 1. The maximum absolute atomic E-state index is 13.6. The lowest BCUT2D eigenvalue weighted by atomic mass is 9.98. The van der Waals surface area contributed by atoms with Gasteiger partial charge >= 0.3 is 0 Å². The number of hydrogen-bond acceptors (Lipinski definition) is 3. The lowest BCUT2D eigenvalue weighted by Crippen LogP contribution is -2.34. The first-order valence-corrected chi connectivity index (χ1v) is 7.94. The molecule has 1 saturated carbocycles. The van der Waals surface area contributed by atoms with E-state index < -0.39 is 6.10 Å². The van der Waals surface area contributed by atoms with Crippen molar-refractivity contribution in [1.29, 1.82) is 0 Å². The summed E-state index contributed by atoms with van der Waals surface area (Å²) in [7, 11) is 0. The van der Waals surface area contributed by atoms with Gasteiger partial charge in [-0.1, -0.05) is 37.5 Å². The molecule has 21 heavy (non-hydrogen) atoms. The summed E-state index contributed by atoms with van der Waals surface area (Å²) in [6, 6.07) is 6.58. The zero-order valence-corrected chi connectivity index (χ0v) is 12.7. The highest BCUT2D eigenvalue weighted by atomic mass is 19.1. The van der Waals surface area contributed by atoms with Crippen molar-refractivity contribution in [2.45, 2.75) is 57.3 Å². The van der Waals surface area contributed by atoms with Crippen LogP contribution in [0.1, 0.15) is 50.6 Å². The molecule has 1 unspecified atom stereocenters. The molecule has 0 saturated heterocycles. The van der Waals surface area contributed by atoms with E-state index in [2.05, 4.69) is 5.32 Å². The van der Waals surface area contributed by atoms with Gasteiger partial charge in [0.25, 0.3) is 0 Å². The lowest BCUT2D eigenvalue weighted by molar-refractivity contribution is -0.0235. The van der Waals surface area contributed by atoms with E-state index in [0.29, 0.717) is 24.8 Å². The average Bonchev–Trinajstić information content (AvgIpc) is 2.52. The van der Waals surface area contributed by atoms with Crippen molar-refractivity contribution in [2.24, 2.45) is 0 Å². The minimum atomic E-state index is -0.554. The zero-order chi connectivity index (χ0) is 15.1. The second-order valence-corrected chi connectivity index (χ2v) is 5.90. The summed E-state index contributed by atoms with van der Waals surface area (Å²) in [6.45, 7) is 2.65. The van der Waals surface area contributed by atoms with Crippen molar-refractivity contribution >= 4 is 0 Å². The molecule has 0 aromatic heterocycles. The molecular formula is C17H26FNO2. The highest BCUT2D eigenvalue weighted by molar-refractivity contribution is 5.20. The van der Waals surface area contributed by atoms with Gasteiger partial charge in [-0.2, -0.15) is 0 Å². The van der Waals surface area contributed by atoms with Gasteiger partial charge in [0.1, 0.15) is 5.82 Å². The van der Waals surface area contributed by atoms with Gasteiger partial charge in [0.05, 0.1) is 18.8 Å². The SMILES string of the molecule is C[C@@H](NCC(O)COC1CCCCC1)c1ccccc1F. The minimum Gasteiger partial charge on any atom is -0.389 e. The molecule has 1 aromatic carbocycles. The molecular weight excluding hydrogens is 269 g/mol. The third-order valence-corrected chi connectivity index (χ3v) is 4.11. The average molecular weight is 295 g/mol. The van der Waals surface area contributed by atoms with E-state index in [0.717, 1.165) is 12.8 Å². The van der Waals surface area contributed by atoms with Crippen molar-refractivity contribution in [3.05, 3.63) is 35.6 Å². The van der Waals surface area contributed by atoms with Crippen LogP contribution in [0.5, 0.6) is 0 Å². The molecule has 118 valence electrons. The summed E-state index contributed by atoms with van der Waals surface area (Å²) in [6.07, 6.45) is 5.70. The summed E-state index contributed by atoms with van der Waals surface area (Å²) in [5.41, 5.74) is 0.623. The molecule has 1 aromatic rings. The Kier molecular flexibility index (Phi) is 6.61. The third-order valence-electron chi connectivity index (χ3n) is 4.11. The fourth-order valence-electron chi connectivity index (χ4n) is 2.79. The van der Waals surface area contributed by atoms with Crippen LogP contribution in [0, 0.1) is 5.82 Å². The summed E-state index contributed by atoms with van der Waals surface area (Å²) in [5, 5.41) is 13.1. The minimum absolute atomic E-state index is 0.129. The fraction of sp³-hybridized carbons (Fsp3) is 0.647. The number of aliphatic hydroxyl groups is 1. The first-order valence-electron chi connectivity index (χ1n) is 7.94. The molecule has 2 atom stereocenters. The van der Waals surface area contributed by atoms with Crippen molar-refractivity contribution in [3.8, 4) is 0 Å². The molecule has 4 heteroatoms. The van der Waals surface area contributed by atoms with Crippen molar-refractivity contribution in [1.82, 2.24) is 5.32 Å². The maximum Gasteiger partial charge on any atom is 0.127 e. The third kappa shape index (κ3) is 5.38. The van der Waals surface area contributed by atoms with Gasteiger partial charge in [-0.15, -0.1) is 0 Å². The standard InChI is InChI=1S/C17H26FNO2/c1-13(16-9-5-6-10-17(16)18)19-11-14(20)12-21-15-7-3-2-4-8-15/h5-6,9-10,13-15,19-20H,2-4,7-8,11-12H2,1H3/t13-,14?/m1/s1. The van der Waals surface area contributed by atoms with Crippen molar-refractivity contribution in [3.63, 3.8) is 0 Å². The van der Waals surface area contributed by atoms with E-state index in [1.165, 1.54) is 25.3 Å². The Morgan fingerprint density at radius 2 is 2.00 bits per heavy atom. The van der Waals surface area contributed by atoms with Crippen LogP contribution in [0.15, 0.2) is 24.3 Å². The number of aliphatic hydroxyl groups excluding tert-OH is 1. The first-order chi connectivity index (χ1) is 10.2. The Morgan fingerprint density at radius 3 is 2.71 bits per heavy atom. The van der Waals surface area contributed by atoms with E-state index in [4.69, 9.17) is 4.74 Å². The fourth-order valence-corrected chi connectivity index (χ4v) is 2.79. The summed E-state index contributed by atoms with van der Waals surface area (Å²) < 4.78 is 19.4. The largest absolute Gasteiger partial charge is 0.389 e. The van der Waals surface area contributed by atoms with Gasteiger partial charge in [-0.3, -0.25) is 0 Å². The number of halogens is 1. The summed E-state index contributed by atoms with van der Waals surface area (Å²) in [5.74, 6) is -0.217. The van der Waals surface area contributed by atoms with E-state index >= 15 is 0 Å². The van der Waals surface area contributed by atoms with E-state index in [1.54, 1.807) is 12.1 Å². The Bertz CT molecular complexity index is 421. The van der Waals surface area contributed by atoms with Crippen LogP contribution in [-0.2, 0) is 4.74 Å². The van der Waals surface area contributed by atoms with Crippen LogP contribution in [0.25, 0.3) is 0 Å². The van der Waals surface area contributed by atoms with Crippen LogP contribution in [0.4, 0.5) is 4.39 Å². The van der Waals surface area contributed by atoms with Gasteiger partial charge in [0, 0.05) is 18.2 Å². The van der Waals surface area contributed by atoms with Crippen LogP contribution >= 0.6 is 0 Å².